The predicted molar refractivity (Wildman–Crippen MR) is 78.1 cm³/mol. The van der Waals surface area contributed by atoms with Crippen LogP contribution in [0.25, 0.3) is 10.9 Å². The lowest BCUT2D eigenvalue weighted by Crippen LogP contribution is -2.26. The minimum absolute atomic E-state index is 0.340. The number of fused-ring (bicyclic) bond motifs is 1. The predicted octanol–water partition coefficient (Wildman–Crippen LogP) is 4.40. The molecule has 0 bridgehead atoms. The summed E-state index contributed by atoms with van der Waals surface area (Å²) in [6.07, 6.45) is -3.28. The average Bonchev–Trinajstić information content (AvgIpc) is 2.76. The van der Waals surface area contributed by atoms with E-state index < -0.39 is 24.4 Å². The monoisotopic (exact) mass is 314 g/mol. The van der Waals surface area contributed by atoms with Crippen molar-refractivity contribution >= 4 is 22.7 Å². The highest BCUT2D eigenvalue weighted by Gasteiger charge is 2.26. The minimum atomic E-state index is -4.28. The van der Waals surface area contributed by atoms with Gasteiger partial charge >= 0.3 is 12.3 Å². The Morgan fingerprint density at radius 1 is 1.23 bits per heavy atom. The second-order valence-electron chi connectivity index (χ2n) is 5.91. The molecule has 0 radical (unpaired) electrons. The number of alkyl halides is 3. The number of benzene rings is 1. The first-order valence-electron chi connectivity index (χ1n) is 6.70. The van der Waals surface area contributed by atoms with E-state index in [9.17, 15) is 18.0 Å². The molecule has 22 heavy (non-hydrogen) atoms. The van der Waals surface area contributed by atoms with Gasteiger partial charge in [-0.05, 0) is 45.0 Å². The van der Waals surface area contributed by atoms with Crippen LogP contribution in [0, 0.1) is 0 Å². The van der Waals surface area contributed by atoms with Crippen LogP contribution in [0.1, 0.15) is 20.8 Å². The molecule has 1 heterocycles. The number of anilines is 1. The number of hydrogen-bond acceptors (Lipinski definition) is 3. The highest BCUT2D eigenvalue weighted by atomic mass is 19.4. The van der Waals surface area contributed by atoms with Gasteiger partial charge in [0.05, 0.1) is 5.52 Å². The summed E-state index contributed by atoms with van der Waals surface area (Å²) < 4.78 is 43.2. The summed E-state index contributed by atoms with van der Waals surface area (Å²) in [5.41, 5.74) is 0.292. The van der Waals surface area contributed by atoms with Crippen LogP contribution in [0.4, 0.5) is 23.7 Å². The topological polar surface area (TPSA) is 43.3 Å². The second kappa shape index (κ2) is 5.55. The summed E-state index contributed by atoms with van der Waals surface area (Å²) in [6, 6.07) is 6.28. The maximum absolute atomic E-state index is 12.2. The molecule has 4 nitrogen and oxygen atoms in total. The van der Waals surface area contributed by atoms with E-state index in [1.54, 1.807) is 39.0 Å². The molecule has 7 heteroatoms. The van der Waals surface area contributed by atoms with Crippen molar-refractivity contribution in [2.75, 3.05) is 11.9 Å². The van der Waals surface area contributed by atoms with Crippen LogP contribution in [0.15, 0.2) is 30.5 Å². The van der Waals surface area contributed by atoms with Crippen LogP contribution in [-0.2, 0) is 4.74 Å². The highest BCUT2D eigenvalue weighted by Crippen LogP contribution is 2.23. The van der Waals surface area contributed by atoms with E-state index in [1.807, 2.05) is 0 Å². The SMILES string of the molecule is CC(C)(C)OC(=O)n1ccc2cc(NCC(F)(F)F)ccc21. The number of carbonyl (C=O) groups excluding carboxylic acids is 1. The Labute approximate surface area is 125 Å². The van der Waals surface area contributed by atoms with Crippen LogP contribution in [0.3, 0.4) is 0 Å². The third-order valence-electron chi connectivity index (χ3n) is 2.77. The smallest absolute Gasteiger partial charge is 0.418 e. The molecule has 0 unspecified atom stereocenters. The van der Waals surface area contributed by atoms with E-state index in [0.717, 1.165) is 0 Å². The van der Waals surface area contributed by atoms with Crippen LogP contribution < -0.4 is 5.32 Å². The normalized spacial score (nSPS) is 12.5. The number of ether oxygens (including phenoxy) is 1. The lowest BCUT2D eigenvalue weighted by Gasteiger charge is -2.19. The molecule has 2 rings (SSSR count). The molecule has 0 atom stereocenters. The molecular formula is C15H17F3N2O2. The fourth-order valence-corrected chi connectivity index (χ4v) is 1.93. The van der Waals surface area contributed by atoms with Crippen molar-refractivity contribution < 1.29 is 22.7 Å². The summed E-state index contributed by atoms with van der Waals surface area (Å²) in [5, 5.41) is 2.95. The van der Waals surface area contributed by atoms with Crippen molar-refractivity contribution in [3.63, 3.8) is 0 Å². The number of hydrogen-bond donors (Lipinski definition) is 1. The largest absolute Gasteiger partial charge is 0.443 e. The first kappa shape index (κ1) is 16.2. The molecule has 0 aliphatic carbocycles. The number of carbonyl (C=O) groups is 1. The zero-order valence-electron chi connectivity index (χ0n) is 12.5. The average molecular weight is 314 g/mol. The van der Waals surface area contributed by atoms with Gasteiger partial charge in [-0.1, -0.05) is 0 Å². The molecule has 1 aromatic carbocycles. The third kappa shape index (κ3) is 4.16. The van der Waals surface area contributed by atoms with Gasteiger partial charge in [-0.2, -0.15) is 13.2 Å². The number of halogens is 3. The van der Waals surface area contributed by atoms with Gasteiger partial charge in [-0.3, -0.25) is 4.57 Å². The van der Waals surface area contributed by atoms with Crippen LogP contribution in [-0.4, -0.2) is 29.0 Å². The van der Waals surface area contributed by atoms with Crippen molar-refractivity contribution in [3.05, 3.63) is 30.5 Å². The molecule has 1 aromatic heterocycles. The molecule has 0 saturated heterocycles. The number of rotatable bonds is 2. The van der Waals surface area contributed by atoms with E-state index in [0.29, 0.717) is 16.6 Å². The summed E-state index contributed by atoms with van der Waals surface area (Å²) in [5.74, 6) is 0. The van der Waals surface area contributed by atoms with E-state index >= 15 is 0 Å². The Kier molecular flexibility index (Phi) is 4.08. The number of nitrogens with one attached hydrogen (secondary N) is 1. The Hall–Kier alpha value is -2.18. The van der Waals surface area contributed by atoms with Crippen LogP contribution in [0.2, 0.25) is 0 Å². The van der Waals surface area contributed by atoms with Gasteiger partial charge in [-0.15, -0.1) is 0 Å². The second-order valence-corrected chi connectivity index (χ2v) is 5.91. The first-order chi connectivity index (χ1) is 10.1. The van der Waals surface area contributed by atoms with Gasteiger partial charge in [0.15, 0.2) is 0 Å². The molecule has 0 spiro atoms. The van der Waals surface area contributed by atoms with Gasteiger partial charge in [-0.25, -0.2) is 4.79 Å². The van der Waals surface area contributed by atoms with Crippen molar-refractivity contribution in [1.82, 2.24) is 4.57 Å². The number of nitrogens with zero attached hydrogens (tertiary/aromatic N) is 1. The van der Waals surface area contributed by atoms with E-state index in [-0.39, 0.29) is 0 Å². The quantitative estimate of drug-likeness (QED) is 0.893. The van der Waals surface area contributed by atoms with Crippen molar-refractivity contribution in [1.29, 1.82) is 0 Å². The first-order valence-corrected chi connectivity index (χ1v) is 6.70. The van der Waals surface area contributed by atoms with Gasteiger partial charge in [0.1, 0.15) is 12.1 Å². The van der Waals surface area contributed by atoms with Crippen molar-refractivity contribution in [3.8, 4) is 0 Å². The van der Waals surface area contributed by atoms with Crippen molar-refractivity contribution in [2.45, 2.75) is 32.5 Å². The zero-order valence-corrected chi connectivity index (χ0v) is 12.5. The molecule has 0 amide bonds. The number of aromatic nitrogens is 1. The van der Waals surface area contributed by atoms with Gasteiger partial charge in [0.25, 0.3) is 0 Å². The molecule has 0 saturated carbocycles. The Bertz CT molecular complexity index is 684. The van der Waals surface area contributed by atoms with Crippen molar-refractivity contribution in [2.24, 2.45) is 0 Å². The molecule has 2 aromatic rings. The third-order valence-corrected chi connectivity index (χ3v) is 2.77. The van der Waals surface area contributed by atoms with Gasteiger partial charge in [0.2, 0.25) is 0 Å². The lowest BCUT2D eigenvalue weighted by atomic mass is 10.2. The molecule has 0 aliphatic rings. The van der Waals surface area contributed by atoms with E-state index in [2.05, 4.69) is 5.32 Å². The van der Waals surface area contributed by atoms with Gasteiger partial charge < -0.3 is 10.1 Å². The van der Waals surface area contributed by atoms with E-state index in [4.69, 9.17) is 4.74 Å². The van der Waals surface area contributed by atoms with Gasteiger partial charge in [0, 0.05) is 17.3 Å². The minimum Gasteiger partial charge on any atom is -0.443 e. The summed E-state index contributed by atoms with van der Waals surface area (Å²) in [6.45, 7) is 4.17. The Morgan fingerprint density at radius 2 is 1.91 bits per heavy atom. The van der Waals surface area contributed by atoms with Crippen LogP contribution in [0.5, 0.6) is 0 Å². The summed E-state index contributed by atoms with van der Waals surface area (Å²) >= 11 is 0. The summed E-state index contributed by atoms with van der Waals surface area (Å²) in [7, 11) is 0. The molecule has 0 fully saturated rings. The van der Waals surface area contributed by atoms with Crippen LogP contribution >= 0.6 is 0 Å². The fraction of sp³-hybridized carbons (Fsp3) is 0.400. The lowest BCUT2D eigenvalue weighted by molar-refractivity contribution is -0.115. The maximum Gasteiger partial charge on any atom is 0.418 e. The maximum atomic E-state index is 12.2. The Morgan fingerprint density at radius 3 is 2.50 bits per heavy atom. The molecule has 0 aliphatic heterocycles. The fourth-order valence-electron chi connectivity index (χ4n) is 1.93. The molecule has 1 N–H and O–H groups in total. The highest BCUT2D eigenvalue weighted by molar-refractivity contribution is 5.91. The zero-order chi connectivity index (χ0) is 16.5. The molecule has 120 valence electrons. The molecular weight excluding hydrogens is 297 g/mol. The summed E-state index contributed by atoms with van der Waals surface area (Å²) in [4.78, 5) is 12.1. The van der Waals surface area contributed by atoms with E-state index in [1.165, 1.54) is 16.8 Å². The Balaban J connectivity index is 2.21. The standard InChI is InChI=1S/C15H17F3N2O2/c1-14(2,3)22-13(21)20-7-6-10-8-11(4-5-12(10)20)19-9-15(16,17)18/h4-8,19H,9H2,1-3H3.